The summed E-state index contributed by atoms with van der Waals surface area (Å²) in [6.45, 7) is 9.10. The zero-order valence-electron chi connectivity index (χ0n) is 39.8. The van der Waals surface area contributed by atoms with Gasteiger partial charge in [-0.2, -0.15) is 0 Å². The van der Waals surface area contributed by atoms with E-state index in [1.807, 2.05) is 0 Å². The van der Waals surface area contributed by atoms with Crippen LogP contribution in [0.4, 0.5) is 45.5 Å². The van der Waals surface area contributed by atoms with Crippen molar-refractivity contribution in [3.05, 3.63) is 242 Å². The predicted octanol–water partition coefficient (Wildman–Crippen LogP) is 16.8. The molecule has 70 heavy (non-hydrogen) atoms. The van der Waals surface area contributed by atoms with E-state index in [-0.39, 0.29) is 5.41 Å². The van der Waals surface area contributed by atoms with E-state index >= 15 is 0 Å². The fourth-order valence-corrected chi connectivity index (χ4v) is 10.2. The third-order valence-electron chi connectivity index (χ3n) is 13.7. The first-order valence-electron chi connectivity index (χ1n) is 24.2. The number of rotatable bonds is 9. The molecule has 1 aliphatic heterocycles. The van der Waals surface area contributed by atoms with Crippen LogP contribution in [0.5, 0.6) is 0 Å². The van der Waals surface area contributed by atoms with Crippen molar-refractivity contribution in [2.75, 3.05) is 15.1 Å². The number of nitrogens with one attached hydrogen (secondary N) is 1. The van der Waals surface area contributed by atoms with Crippen LogP contribution in [-0.2, 0) is 5.41 Å². The van der Waals surface area contributed by atoms with Gasteiger partial charge in [0.05, 0.1) is 5.69 Å². The first kappa shape index (κ1) is 42.8. The number of para-hydroxylation sites is 3. The quantitative estimate of drug-likeness (QED) is 0.146. The normalized spacial score (nSPS) is 12.1. The maximum Gasteiger partial charge on any atom is 0.198 e. The van der Waals surface area contributed by atoms with Gasteiger partial charge in [0.15, 0.2) is 12.9 Å². The van der Waals surface area contributed by atoms with Crippen LogP contribution in [0.2, 0.25) is 0 Å². The van der Waals surface area contributed by atoms with Crippen LogP contribution in [-0.4, -0.2) is 7.28 Å². The first-order chi connectivity index (χ1) is 34.2. The summed E-state index contributed by atoms with van der Waals surface area (Å²) in [6, 6.07) is 82.8. The Kier molecular flexibility index (Phi) is 10.7. The third kappa shape index (κ3) is 7.80. The molecule has 0 saturated carbocycles. The zero-order chi connectivity index (χ0) is 47.3. The highest BCUT2D eigenvalue weighted by Gasteiger charge is 2.34. The highest BCUT2D eigenvalue weighted by molar-refractivity contribution is 6.74. The van der Waals surface area contributed by atoms with Gasteiger partial charge in [0, 0.05) is 56.1 Å². The molecular formula is C65H51BN3O. The van der Waals surface area contributed by atoms with Crippen molar-refractivity contribution in [1.82, 2.24) is 0 Å². The molecule has 0 amide bonds. The smallest absolute Gasteiger partial charge is 0.198 e. The van der Waals surface area contributed by atoms with Crippen LogP contribution in [0.15, 0.2) is 235 Å². The molecule has 1 radical (unpaired) electrons. The summed E-state index contributed by atoms with van der Waals surface area (Å²) in [5.41, 5.74) is 21.6. The van der Waals surface area contributed by atoms with E-state index in [4.69, 9.17) is 4.42 Å². The van der Waals surface area contributed by atoms with E-state index in [9.17, 15) is 0 Å². The van der Waals surface area contributed by atoms with Crippen molar-refractivity contribution in [3.63, 3.8) is 0 Å². The Morgan fingerprint density at radius 1 is 0.486 bits per heavy atom. The van der Waals surface area contributed by atoms with Gasteiger partial charge in [-0.25, -0.2) is 0 Å². The van der Waals surface area contributed by atoms with Crippen molar-refractivity contribution in [3.8, 4) is 33.4 Å². The van der Waals surface area contributed by atoms with Crippen molar-refractivity contribution < 1.29 is 4.42 Å². The Morgan fingerprint density at radius 2 is 1.09 bits per heavy atom. The second-order valence-corrected chi connectivity index (χ2v) is 19.3. The van der Waals surface area contributed by atoms with E-state index in [0.29, 0.717) is 0 Å². The molecule has 2 heterocycles. The minimum Gasteiger partial charge on any atom is -0.454 e. The molecule has 1 aliphatic rings. The Hall–Kier alpha value is -8.54. The molecule has 4 nitrogen and oxygen atoms in total. The number of aryl methyl sites for hydroxylation is 1. The van der Waals surface area contributed by atoms with Gasteiger partial charge in [0.25, 0.3) is 0 Å². The number of fused-ring (bicyclic) bond motifs is 6. The van der Waals surface area contributed by atoms with Crippen molar-refractivity contribution in [1.29, 1.82) is 0 Å². The minimum absolute atomic E-state index is 0.0158. The summed E-state index contributed by atoms with van der Waals surface area (Å²) in [4.78, 5) is 4.82. The van der Waals surface area contributed by atoms with Gasteiger partial charge in [0.2, 0.25) is 0 Å². The minimum atomic E-state index is -0.0158. The molecule has 10 aromatic carbocycles. The Balaban J connectivity index is 1.14. The van der Waals surface area contributed by atoms with Gasteiger partial charge < -0.3 is 19.5 Å². The number of furan rings is 1. The average Bonchev–Trinajstić information content (AvgIpc) is 3.78. The monoisotopic (exact) mass is 900 g/mol. The third-order valence-corrected chi connectivity index (χ3v) is 13.7. The molecule has 0 bridgehead atoms. The molecule has 0 fully saturated rings. The highest BCUT2D eigenvalue weighted by Crippen LogP contribution is 2.48. The number of hydrogen-bond acceptors (Lipinski definition) is 4. The average molecular weight is 901 g/mol. The second kappa shape index (κ2) is 17.5. The van der Waals surface area contributed by atoms with E-state index in [0.717, 1.165) is 95.1 Å². The molecule has 5 heteroatoms. The number of anilines is 8. The lowest BCUT2D eigenvalue weighted by molar-refractivity contribution is 0.590. The van der Waals surface area contributed by atoms with Crippen LogP contribution in [0, 0.1) is 6.92 Å². The second-order valence-electron chi connectivity index (χ2n) is 19.3. The summed E-state index contributed by atoms with van der Waals surface area (Å²) >= 11 is 0. The summed E-state index contributed by atoms with van der Waals surface area (Å²) < 4.78 is 7.11. The van der Waals surface area contributed by atoms with E-state index in [2.05, 4.69) is 281 Å². The number of nitrogens with zero attached hydrogens (tertiary/aromatic N) is 2. The Bertz CT molecular complexity index is 3650. The molecule has 11 aromatic rings. The number of hydrogen-bond donors (Lipinski definition) is 1. The Morgan fingerprint density at radius 3 is 1.74 bits per heavy atom. The summed E-state index contributed by atoms with van der Waals surface area (Å²) in [5.74, 6) is 0. The molecule has 0 unspecified atom stereocenters. The zero-order valence-corrected chi connectivity index (χ0v) is 39.8. The highest BCUT2D eigenvalue weighted by atomic mass is 16.3. The fourth-order valence-electron chi connectivity index (χ4n) is 10.2. The van der Waals surface area contributed by atoms with Crippen LogP contribution >= 0.6 is 0 Å². The molecule has 335 valence electrons. The van der Waals surface area contributed by atoms with Crippen LogP contribution in [0.3, 0.4) is 0 Å². The van der Waals surface area contributed by atoms with E-state index in [1.54, 1.807) is 0 Å². The van der Waals surface area contributed by atoms with Crippen LogP contribution in [0.25, 0.3) is 55.3 Å². The molecule has 1 aromatic heterocycles. The van der Waals surface area contributed by atoms with E-state index in [1.165, 1.54) is 27.8 Å². The van der Waals surface area contributed by atoms with Gasteiger partial charge in [0.1, 0.15) is 5.58 Å². The van der Waals surface area contributed by atoms with Crippen LogP contribution in [0.1, 0.15) is 31.9 Å². The predicted molar refractivity (Wildman–Crippen MR) is 298 cm³/mol. The first-order valence-corrected chi connectivity index (χ1v) is 24.2. The molecule has 0 spiro atoms. The van der Waals surface area contributed by atoms with E-state index < -0.39 is 0 Å². The Labute approximate surface area is 411 Å². The van der Waals surface area contributed by atoms with Crippen molar-refractivity contribution >= 4 is 85.6 Å². The van der Waals surface area contributed by atoms with Gasteiger partial charge in [-0.1, -0.05) is 178 Å². The van der Waals surface area contributed by atoms with Crippen molar-refractivity contribution in [2.45, 2.75) is 33.1 Å². The maximum absolute atomic E-state index is 7.11. The molecule has 1 N–H and O–H groups in total. The molecule has 0 saturated heterocycles. The lowest BCUT2D eigenvalue weighted by Gasteiger charge is -2.36. The SMILES string of the molecule is Cc1cc(C(C)(C)C)ccc1N1c2cc(-c3ccccc3)ccc2[B]c2c(-c3cc(N(c4ccccc4)c4ccccc4)ccc3Nc3ccc(-c4ccccc4)cc3)cc3c(oc4ccccc43)c21. The van der Waals surface area contributed by atoms with Crippen LogP contribution < -0.4 is 26.0 Å². The maximum atomic E-state index is 7.11. The molecule has 12 rings (SSSR count). The lowest BCUT2D eigenvalue weighted by Crippen LogP contribution is -2.41. The number of benzene rings is 10. The summed E-state index contributed by atoms with van der Waals surface area (Å²) in [7, 11) is 2.38. The van der Waals surface area contributed by atoms with Gasteiger partial charge in [-0.3, -0.25) is 0 Å². The summed E-state index contributed by atoms with van der Waals surface area (Å²) in [5, 5.41) is 6.06. The largest absolute Gasteiger partial charge is 0.454 e. The fraction of sp³-hybridized carbons (Fsp3) is 0.0769. The topological polar surface area (TPSA) is 31.6 Å². The standard InChI is InChI=1S/C65H51BN3O/c1-43-39-48(65(2,3)4)32-38-59(43)69-60-40-47(45-21-11-6-12-22-45)31-36-57(60)66-62-55(42-56-53-27-17-18-28-61(53)70-64(56)63(62)69)54-41-52(68(50-23-13-7-14-24-50)51-25-15-8-16-26-51)35-37-58(54)67-49-33-29-46(30-34-49)44-19-9-5-10-20-44/h5-42,67H,1-4H3. The molecular weight excluding hydrogens is 850 g/mol. The van der Waals surface area contributed by atoms with Crippen molar-refractivity contribution in [2.24, 2.45) is 0 Å². The van der Waals surface area contributed by atoms with Gasteiger partial charge in [-0.05, 0) is 136 Å². The lowest BCUT2D eigenvalue weighted by atomic mass is 9.57. The molecule has 0 atom stereocenters. The molecule has 0 aliphatic carbocycles. The van der Waals surface area contributed by atoms with Gasteiger partial charge >= 0.3 is 0 Å². The summed E-state index contributed by atoms with van der Waals surface area (Å²) in [6.07, 6.45) is 0. The van der Waals surface area contributed by atoms with Gasteiger partial charge in [-0.15, -0.1) is 0 Å².